The molecule has 2 aromatic carbocycles. The van der Waals surface area contributed by atoms with Crippen molar-refractivity contribution in [2.45, 2.75) is 13.0 Å². The van der Waals surface area contributed by atoms with E-state index < -0.39 is 0 Å². The maximum absolute atomic E-state index is 12.7. The Morgan fingerprint density at radius 1 is 1.19 bits per heavy atom. The minimum Gasteiger partial charge on any atom is -0.398 e. The Labute approximate surface area is 140 Å². The lowest BCUT2D eigenvalue weighted by Gasteiger charge is -2.30. The van der Waals surface area contributed by atoms with Crippen molar-refractivity contribution in [3.05, 3.63) is 62.0 Å². The van der Waals surface area contributed by atoms with E-state index in [0.717, 1.165) is 26.6 Å². The number of nitrogens with zero attached hydrogens (tertiary/aromatic N) is 1. The van der Waals surface area contributed by atoms with E-state index in [1.54, 1.807) is 0 Å². The highest BCUT2D eigenvalue weighted by Crippen LogP contribution is 2.28. The molecular formula is C16H14Br2N2O. The zero-order chi connectivity index (χ0) is 15.0. The Kier molecular flexibility index (Phi) is 4.04. The molecule has 5 heteroatoms. The summed E-state index contributed by atoms with van der Waals surface area (Å²) in [6.45, 7) is 1.29. The molecular weight excluding hydrogens is 396 g/mol. The molecule has 2 N–H and O–H groups in total. The molecule has 0 saturated heterocycles. The third-order valence-electron chi connectivity index (χ3n) is 3.76. The van der Waals surface area contributed by atoms with Crippen LogP contribution in [-0.2, 0) is 13.0 Å². The maximum Gasteiger partial charge on any atom is 0.255 e. The molecule has 1 aliphatic rings. The monoisotopic (exact) mass is 408 g/mol. The molecule has 2 aromatic rings. The SMILES string of the molecule is Nc1cccc2c1CN(C(=O)c1cc(Br)ccc1Br)CC2. The van der Waals surface area contributed by atoms with Crippen LogP contribution in [0.25, 0.3) is 0 Å². The van der Waals surface area contributed by atoms with Crippen molar-refractivity contribution in [1.29, 1.82) is 0 Å². The normalized spacial score (nSPS) is 13.9. The Morgan fingerprint density at radius 3 is 2.81 bits per heavy atom. The topological polar surface area (TPSA) is 46.3 Å². The molecule has 0 aliphatic carbocycles. The Hall–Kier alpha value is -1.33. The number of halogens is 2. The van der Waals surface area contributed by atoms with Gasteiger partial charge in [-0.1, -0.05) is 28.1 Å². The van der Waals surface area contributed by atoms with Crippen LogP contribution in [0.4, 0.5) is 5.69 Å². The first-order chi connectivity index (χ1) is 10.1. The van der Waals surface area contributed by atoms with Gasteiger partial charge >= 0.3 is 0 Å². The molecule has 3 nitrogen and oxygen atoms in total. The smallest absolute Gasteiger partial charge is 0.255 e. The fraction of sp³-hybridized carbons (Fsp3) is 0.188. The first kappa shape index (κ1) is 14.6. The van der Waals surface area contributed by atoms with Crippen LogP contribution in [0.15, 0.2) is 45.3 Å². The highest BCUT2D eigenvalue weighted by atomic mass is 79.9. The summed E-state index contributed by atoms with van der Waals surface area (Å²) in [5, 5.41) is 0. The molecule has 3 rings (SSSR count). The van der Waals surface area contributed by atoms with E-state index in [9.17, 15) is 4.79 Å². The minimum absolute atomic E-state index is 0.0251. The van der Waals surface area contributed by atoms with Gasteiger partial charge in [-0.05, 0) is 57.7 Å². The molecule has 0 radical (unpaired) electrons. The second-order valence-electron chi connectivity index (χ2n) is 5.09. The molecule has 0 saturated carbocycles. The van der Waals surface area contributed by atoms with Gasteiger partial charge in [-0.3, -0.25) is 4.79 Å². The van der Waals surface area contributed by atoms with Gasteiger partial charge in [-0.2, -0.15) is 0 Å². The first-order valence-electron chi connectivity index (χ1n) is 6.67. The number of anilines is 1. The number of hydrogen-bond acceptors (Lipinski definition) is 2. The molecule has 0 unspecified atom stereocenters. The van der Waals surface area contributed by atoms with Crippen molar-refractivity contribution in [2.24, 2.45) is 0 Å². The van der Waals surface area contributed by atoms with Crippen LogP contribution in [0.2, 0.25) is 0 Å². The summed E-state index contributed by atoms with van der Waals surface area (Å²) in [6.07, 6.45) is 0.845. The zero-order valence-electron chi connectivity index (χ0n) is 11.3. The third kappa shape index (κ3) is 2.85. The van der Waals surface area contributed by atoms with E-state index in [-0.39, 0.29) is 5.91 Å². The summed E-state index contributed by atoms with van der Waals surface area (Å²) in [6, 6.07) is 11.6. The van der Waals surface area contributed by atoms with Crippen molar-refractivity contribution < 1.29 is 4.79 Å². The number of rotatable bonds is 1. The largest absolute Gasteiger partial charge is 0.398 e. The van der Waals surface area contributed by atoms with Gasteiger partial charge in [-0.25, -0.2) is 0 Å². The van der Waals surface area contributed by atoms with Crippen LogP contribution in [0.3, 0.4) is 0 Å². The molecule has 0 bridgehead atoms. The number of fused-ring (bicyclic) bond motifs is 1. The number of amides is 1. The van der Waals surface area contributed by atoms with Gasteiger partial charge in [0.25, 0.3) is 5.91 Å². The molecule has 1 aliphatic heterocycles. The minimum atomic E-state index is 0.0251. The van der Waals surface area contributed by atoms with Crippen LogP contribution in [-0.4, -0.2) is 17.4 Å². The molecule has 0 spiro atoms. The molecule has 0 atom stereocenters. The highest BCUT2D eigenvalue weighted by molar-refractivity contribution is 9.11. The fourth-order valence-electron chi connectivity index (χ4n) is 2.61. The second-order valence-corrected chi connectivity index (χ2v) is 6.86. The van der Waals surface area contributed by atoms with Gasteiger partial charge in [0.1, 0.15) is 0 Å². The quantitative estimate of drug-likeness (QED) is 0.723. The summed E-state index contributed by atoms with van der Waals surface area (Å²) in [7, 11) is 0. The van der Waals surface area contributed by atoms with Crippen molar-refractivity contribution in [3.8, 4) is 0 Å². The summed E-state index contributed by atoms with van der Waals surface area (Å²) < 4.78 is 1.70. The lowest BCUT2D eigenvalue weighted by molar-refractivity contribution is 0.0734. The van der Waals surface area contributed by atoms with Gasteiger partial charge in [-0.15, -0.1) is 0 Å². The van der Waals surface area contributed by atoms with Gasteiger partial charge < -0.3 is 10.6 Å². The highest BCUT2D eigenvalue weighted by Gasteiger charge is 2.24. The van der Waals surface area contributed by atoms with Crippen LogP contribution in [0.5, 0.6) is 0 Å². The van der Waals surface area contributed by atoms with Gasteiger partial charge in [0.05, 0.1) is 5.56 Å². The fourth-order valence-corrected chi connectivity index (χ4v) is 3.39. The van der Waals surface area contributed by atoms with Crippen molar-refractivity contribution in [1.82, 2.24) is 4.90 Å². The summed E-state index contributed by atoms with van der Waals surface area (Å²) in [5.74, 6) is 0.0251. The molecule has 1 amide bonds. The summed E-state index contributed by atoms with van der Waals surface area (Å²) >= 11 is 6.87. The van der Waals surface area contributed by atoms with E-state index in [1.165, 1.54) is 5.56 Å². The number of nitrogen functional groups attached to an aromatic ring is 1. The number of carbonyl (C=O) groups is 1. The number of nitrogens with two attached hydrogens (primary N) is 1. The summed E-state index contributed by atoms with van der Waals surface area (Å²) in [4.78, 5) is 14.6. The predicted octanol–water partition coefficient (Wildman–Crippen LogP) is 3.99. The number of benzene rings is 2. The van der Waals surface area contributed by atoms with E-state index in [0.29, 0.717) is 18.7 Å². The zero-order valence-corrected chi connectivity index (χ0v) is 14.4. The van der Waals surface area contributed by atoms with Crippen molar-refractivity contribution >= 4 is 43.5 Å². The summed E-state index contributed by atoms with van der Waals surface area (Å²) in [5.41, 5.74) is 9.79. The lowest BCUT2D eigenvalue weighted by atomic mass is 9.97. The molecule has 0 fully saturated rings. The molecule has 21 heavy (non-hydrogen) atoms. The van der Waals surface area contributed by atoms with Crippen LogP contribution >= 0.6 is 31.9 Å². The number of carbonyl (C=O) groups excluding carboxylic acids is 1. The Morgan fingerprint density at radius 2 is 2.00 bits per heavy atom. The Balaban J connectivity index is 1.91. The average molecular weight is 410 g/mol. The molecule has 1 heterocycles. The molecule has 0 aromatic heterocycles. The third-order valence-corrected chi connectivity index (χ3v) is 4.94. The van der Waals surface area contributed by atoms with Gasteiger partial charge in [0.15, 0.2) is 0 Å². The second kappa shape index (κ2) is 5.81. The van der Waals surface area contributed by atoms with Crippen molar-refractivity contribution in [3.63, 3.8) is 0 Å². The van der Waals surface area contributed by atoms with E-state index in [4.69, 9.17) is 5.73 Å². The standard InChI is InChI=1S/C16H14Br2N2O/c17-11-4-5-14(18)12(8-11)16(21)20-7-6-10-2-1-3-15(19)13(10)9-20/h1-5,8H,6-7,9,19H2. The van der Waals surface area contributed by atoms with Crippen LogP contribution < -0.4 is 5.73 Å². The Bertz CT molecular complexity index is 715. The van der Waals surface area contributed by atoms with Crippen molar-refractivity contribution in [2.75, 3.05) is 12.3 Å². The van der Waals surface area contributed by atoms with E-state index >= 15 is 0 Å². The van der Waals surface area contributed by atoms with Gasteiger partial charge in [0.2, 0.25) is 0 Å². The maximum atomic E-state index is 12.7. The molecule has 108 valence electrons. The average Bonchev–Trinajstić information content (AvgIpc) is 2.49. The first-order valence-corrected chi connectivity index (χ1v) is 8.25. The van der Waals surface area contributed by atoms with E-state index in [2.05, 4.69) is 37.9 Å². The van der Waals surface area contributed by atoms with Crippen LogP contribution in [0.1, 0.15) is 21.5 Å². The number of hydrogen-bond donors (Lipinski definition) is 1. The van der Waals surface area contributed by atoms with Crippen LogP contribution in [0, 0.1) is 0 Å². The lowest BCUT2D eigenvalue weighted by Crippen LogP contribution is -2.36. The predicted molar refractivity (Wildman–Crippen MR) is 91.1 cm³/mol. The van der Waals surface area contributed by atoms with Gasteiger partial charge in [0, 0.05) is 27.7 Å². The van der Waals surface area contributed by atoms with E-state index in [1.807, 2.05) is 35.2 Å².